The normalized spacial score (nSPS) is 35.7. The number of unbranched alkanes of at least 4 members (excludes halogenated alkanes) is 1. The summed E-state index contributed by atoms with van der Waals surface area (Å²) < 4.78 is 44.3. The van der Waals surface area contributed by atoms with Crippen molar-refractivity contribution in [2.45, 2.75) is 83.6 Å². The van der Waals surface area contributed by atoms with Crippen molar-refractivity contribution in [1.29, 1.82) is 0 Å². The standard InChI is InChI=1S/C15H28BNO2.C2HF3O2/c1-5-6-7-13(17)16-18-12-9-10-8-11(14(10,2)3)15(12,4)19-16;3-2(4,5)1(6)7/h10-13H,5-9,17H2,1-4H3;(H,6,7)/t10-,11-,12+,13?,15-;/m0./s1. The van der Waals surface area contributed by atoms with Crippen LogP contribution in [0.5, 0.6) is 0 Å². The van der Waals surface area contributed by atoms with Gasteiger partial charge in [0.05, 0.1) is 11.7 Å². The van der Waals surface area contributed by atoms with Gasteiger partial charge < -0.3 is 20.1 Å². The summed E-state index contributed by atoms with van der Waals surface area (Å²) >= 11 is 0. The van der Waals surface area contributed by atoms with E-state index in [1.54, 1.807) is 0 Å². The molecule has 1 heterocycles. The molecule has 0 spiro atoms. The molecule has 3 saturated carbocycles. The van der Waals surface area contributed by atoms with E-state index in [2.05, 4.69) is 27.7 Å². The highest BCUT2D eigenvalue weighted by Gasteiger charge is 2.68. The quantitative estimate of drug-likeness (QED) is 0.732. The van der Waals surface area contributed by atoms with Crippen molar-refractivity contribution in [3.8, 4) is 0 Å². The molecule has 4 rings (SSSR count). The van der Waals surface area contributed by atoms with E-state index in [1.165, 1.54) is 12.8 Å². The molecule has 1 saturated heterocycles. The maximum absolute atomic E-state index is 10.6. The summed E-state index contributed by atoms with van der Waals surface area (Å²) in [5, 5.41) is 7.12. The molecule has 9 heteroatoms. The summed E-state index contributed by atoms with van der Waals surface area (Å²) in [5.74, 6) is -1.29. The van der Waals surface area contributed by atoms with Crippen molar-refractivity contribution in [1.82, 2.24) is 0 Å². The van der Waals surface area contributed by atoms with Gasteiger partial charge in [0.1, 0.15) is 0 Å². The highest BCUT2D eigenvalue weighted by atomic mass is 19.4. The molecule has 1 unspecified atom stereocenters. The molecule has 1 aliphatic heterocycles. The number of rotatable bonds is 4. The molecule has 0 radical (unpaired) electrons. The van der Waals surface area contributed by atoms with E-state index in [1.807, 2.05) is 0 Å². The first-order valence-electron chi connectivity index (χ1n) is 9.23. The highest BCUT2D eigenvalue weighted by molar-refractivity contribution is 6.47. The number of carbonyl (C=O) groups is 1. The lowest BCUT2D eigenvalue weighted by atomic mass is 9.43. The fourth-order valence-corrected chi connectivity index (χ4v) is 4.66. The monoisotopic (exact) mass is 379 g/mol. The molecule has 150 valence electrons. The van der Waals surface area contributed by atoms with Gasteiger partial charge in [-0.2, -0.15) is 13.2 Å². The summed E-state index contributed by atoms with van der Waals surface area (Å²) in [5.41, 5.74) is 6.56. The fraction of sp³-hybridized carbons (Fsp3) is 0.941. The molecular weight excluding hydrogens is 350 g/mol. The maximum Gasteiger partial charge on any atom is 0.490 e. The van der Waals surface area contributed by atoms with Crippen LogP contribution in [0.2, 0.25) is 0 Å². The van der Waals surface area contributed by atoms with Gasteiger partial charge in [-0.3, -0.25) is 0 Å². The Morgan fingerprint density at radius 1 is 1.35 bits per heavy atom. The topological polar surface area (TPSA) is 81.8 Å². The molecule has 4 fully saturated rings. The third-order valence-corrected chi connectivity index (χ3v) is 6.45. The van der Waals surface area contributed by atoms with Crippen LogP contribution in [0.4, 0.5) is 13.2 Å². The molecule has 4 aliphatic rings. The minimum Gasteiger partial charge on any atom is -0.475 e. The van der Waals surface area contributed by atoms with Crippen LogP contribution in [0.3, 0.4) is 0 Å². The van der Waals surface area contributed by atoms with Crippen molar-refractivity contribution in [3.63, 3.8) is 0 Å². The molecule has 0 amide bonds. The van der Waals surface area contributed by atoms with Gasteiger partial charge in [-0.25, -0.2) is 4.79 Å². The van der Waals surface area contributed by atoms with Crippen LogP contribution in [-0.2, 0) is 14.1 Å². The van der Waals surface area contributed by atoms with Crippen LogP contribution >= 0.6 is 0 Å². The molecule has 3 aliphatic carbocycles. The Labute approximate surface area is 152 Å². The lowest BCUT2D eigenvalue weighted by Crippen LogP contribution is -2.65. The summed E-state index contributed by atoms with van der Waals surface area (Å²) in [6.45, 7) is 9.23. The second-order valence-electron chi connectivity index (χ2n) is 8.45. The van der Waals surface area contributed by atoms with E-state index in [-0.39, 0.29) is 24.8 Å². The van der Waals surface area contributed by atoms with Crippen LogP contribution in [0, 0.1) is 17.3 Å². The second-order valence-corrected chi connectivity index (χ2v) is 8.45. The van der Waals surface area contributed by atoms with Crippen molar-refractivity contribution >= 4 is 13.1 Å². The zero-order valence-corrected chi connectivity index (χ0v) is 15.8. The van der Waals surface area contributed by atoms with Crippen LogP contribution < -0.4 is 5.73 Å². The van der Waals surface area contributed by atoms with Gasteiger partial charge in [0, 0.05) is 5.94 Å². The first-order chi connectivity index (χ1) is 11.8. The van der Waals surface area contributed by atoms with Gasteiger partial charge >= 0.3 is 19.3 Å². The van der Waals surface area contributed by atoms with E-state index in [0.717, 1.165) is 25.2 Å². The van der Waals surface area contributed by atoms with Crippen molar-refractivity contribution < 1.29 is 32.4 Å². The molecule has 0 aromatic rings. The zero-order chi connectivity index (χ0) is 19.9. The molecular formula is C17H29BF3NO4. The first-order valence-corrected chi connectivity index (χ1v) is 9.23. The van der Waals surface area contributed by atoms with Gasteiger partial charge in [-0.1, -0.05) is 33.6 Å². The number of nitrogens with two attached hydrogens (primary N) is 1. The number of aliphatic carboxylic acids is 1. The van der Waals surface area contributed by atoms with Crippen molar-refractivity contribution in [2.24, 2.45) is 23.0 Å². The number of alkyl halides is 3. The van der Waals surface area contributed by atoms with E-state index < -0.39 is 12.1 Å². The number of carboxylic acid groups (broad SMARTS) is 1. The Morgan fingerprint density at radius 2 is 1.92 bits per heavy atom. The fourth-order valence-electron chi connectivity index (χ4n) is 4.66. The van der Waals surface area contributed by atoms with Crippen LogP contribution in [0.1, 0.15) is 59.8 Å². The smallest absolute Gasteiger partial charge is 0.475 e. The van der Waals surface area contributed by atoms with E-state index in [4.69, 9.17) is 24.9 Å². The Bertz CT molecular complexity index is 531. The molecule has 26 heavy (non-hydrogen) atoms. The lowest BCUT2D eigenvalue weighted by Gasteiger charge is -2.64. The van der Waals surface area contributed by atoms with E-state index in [0.29, 0.717) is 11.3 Å². The largest absolute Gasteiger partial charge is 0.490 e. The predicted molar refractivity (Wildman–Crippen MR) is 91.3 cm³/mol. The minimum atomic E-state index is -5.08. The van der Waals surface area contributed by atoms with Crippen LogP contribution in [0.15, 0.2) is 0 Å². The number of hydrogen-bond acceptors (Lipinski definition) is 4. The van der Waals surface area contributed by atoms with E-state index in [9.17, 15) is 13.2 Å². The molecule has 3 N–H and O–H groups in total. The van der Waals surface area contributed by atoms with Gasteiger partial charge in [-0.05, 0) is 43.4 Å². The number of halogens is 3. The summed E-state index contributed by atoms with van der Waals surface area (Å²) in [7, 11) is -0.184. The summed E-state index contributed by atoms with van der Waals surface area (Å²) in [6, 6.07) is 0. The van der Waals surface area contributed by atoms with Crippen molar-refractivity contribution in [2.75, 3.05) is 0 Å². The van der Waals surface area contributed by atoms with Crippen LogP contribution in [-0.4, -0.2) is 42.0 Å². The first kappa shape index (κ1) is 21.5. The van der Waals surface area contributed by atoms with Gasteiger partial charge in [0.25, 0.3) is 0 Å². The summed E-state index contributed by atoms with van der Waals surface area (Å²) in [4.78, 5) is 8.90. The Morgan fingerprint density at radius 3 is 2.38 bits per heavy atom. The Hall–Kier alpha value is -0.795. The molecule has 2 bridgehead atoms. The maximum atomic E-state index is 10.6. The van der Waals surface area contributed by atoms with Crippen molar-refractivity contribution in [3.05, 3.63) is 0 Å². The molecule has 5 nitrogen and oxygen atoms in total. The Kier molecular flexibility index (Phi) is 6.05. The molecule has 5 atom stereocenters. The summed E-state index contributed by atoms with van der Waals surface area (Å²) in [6.07, 6.45) is 0.975. The number of hydrogen-bond donors (Lipinski definition) is 2. The minimum absolute atomic E-state index is 0.0303. The Balaban J connectivity index is 0.000000298. The number of carboxylic acids is 1. The average molecular weight is 379 g/mol. The third kappa shape index (κ3) is 3.89. The second kappa shape index (κ2) is 7.32. The third-order valence-electron chi connectivity index (χ3n) is 6.45. The van der Waals surface area contributed by atoms with Gasteiger partial charge in [-0.15, -0.1) is 0 Å². The molecule has 0 aromatic heterocycles. The zero-order valence-electron chi connectivity index (χ0n) is 15.8. The van der Waals surface area contributed by atoms with Crippen LogP contribution in [0.25, 0.3) is 0 Å². The van der Waals surface area contributed by atoms with Gasteiger partial charge in [0.2, 0.25) is 0 Å². The lowest BCUT2D eigenvalue weighted by molar-refractivity contribution is -0.199. The molecule has 0 aromatic carbocycles. The van der Waals surface area contributed by atoms with E-state index >= 15 is 0 Å². The average Bonchev–Trinajstić information content (AvgIpc) is 2.89. The predicted octanol–water partition coefficient (Wildman–Crippen LogP) is 3.40. The van der Waals surface area contributed by atoms with Gasteiger partial charge in [0.15, 0.2) is 0 Å². The SMILES string of the molecule is CCCCC(N)B1O[C@@H]2C[C@@H]3C[C@@H](C3(C)C)[C@]2(C)O1.O=C(O)C(F)(F)F. The highest BCUT2D eigenvalue weighted by Crippen LogP contribution is 2.65.